The summed E-state index contributed by atoms with van der Waals surface area (Å²) >= 11 is 18.9. The Labute approximate surface area is 131 Å². The fourth-order valence-electron chi connectivity index (χ4n) is 1.59. The van der Waals surface area contributed by atoms with Crippen molar-refractivity contribution in [2.75, 3.05) is 0 Å². The third-order valence-electron chi connectivity index (χ3n) is 2.49. The number of alkyl halides is 1. The molecule has 0 radical (unpaired) electrons. The molecule has 2 aromatic carbocycles. The van der Waals surface area contributed by atoms with Gasteiger partial charge >= 0.3 is 0 Å². The van der Waals surface area contributed by atoms with Crippen LogP contribution in [0.2, 0.25) is 5.02 Å². The zero-order chi connectivity index (χ0) is 13.3. The molecule has 18 heavy (non-hydrogen) atoms. The minimum atomic E-state index is -0.601. The van der Waals surface area contributed by atoms with Crippen LogP contribution < -0.4 is 0 Å². The quantitative estimate of drug-likeness (QED) is 0.505. The van der Waals surface area contributed by atoms with Gasteiger partial charge in [-0.1, -0.05) is 55.6 Å². The maximum atomic E-state index is 13.9. The molecule has 0 heterocycles. The maximum absolute atomic E-state index is 13.9. The summed E-state index contributed by atoms with van der Waals surface area (Å²) in [6, 6.07) is 10.4. The molecule has 0 aliphatic carbocycles. The van der Waals surface area contributed by atoms with Crippen molar-refractivity contribution < 1.29 is 4.39 Å². The van der Waals surface area contributed by atoms with Crippen molar-refractivity contribution in [1.29, 1.82) is 0 Å². The Morgan fingerprint density at radius 2 is 1.78 bits per heavy atom. The van der Waals surface area contributed by atoms with E-state index in [2.05, 4.69) is 31.9 Å². The van der Waals surface area contributed by atoms with Crippen LogP contribution in [-0.2, 0) is 0 Å². The summed E-state index contributed by atoms with van der Waals surface area (Å²) in [6.45, 7) is 0. The van der Waals surface area contributed by atoms with Gasteiger partial charge in [0.05, 0.1) is 10.4 Å². The lowest BCUT2D eigenvalue weighted by atomic mass is 10.0. The highest BCUT2D eigenvalue weighted by Gasteiger charge is 2.19. The number of benzene rings is 2. The highest BCUT2D eigenvalue weighted by molar-refractivity contribution is 9.11. The molecule has 0 saturated heterocycles. The van der Waals surface area contributed by atoms with Crippen molar-refractivity contribution in [3.05, 3.63) is 67.3 Å². The average Bonchev–Trinajstić information content (AvgIpc) is 2.35. The van der Waals surface area contributed by atoms with Gasteiger partial charge in [0.1, 0.15) is 5.82 Å². The second-order valence-corrected chi connectivity index (χ2v) is 6.29. The van der Waals surface area contributed by atoms with Crippen LogP contribution in [0.3, 0.4) is 0 Å². The van der Waals surface area contributed by atoms with E-state index in [-0.39, 0.29) is 5.02 Å². The highest BCUT2D eigenvalue weighted by atomic mass is 79.9. The van der Waals surface area contributed by atoms with Crippen molar-refractivity contribution in [3.63, 3.8) is 0 Å². The molecule has 0 fully saturated rings. The van der Waals surface area contributed by atoms with E-state index in [4.69, 9.17) is 23.2 Å². The van der Waals surface area contributed by atoms with E-state index in [0.29, 0.717) is 5.56 Å². The van der Waals surface area contributed by atoms with E-state index in [1.54, 1.807) is 12.1 Å². The first kappa shape index (κ1) is 14.3. The van der Waals surface area contributed by atoms with Gasteiger partial charge in [-0.15, -0.1) is 11.6 Å². The Balaban J connectivity index is 2.51. The first-order chi connectivity index (χ1) is 8.50. The number of rotatable bonds is 2. The Morgan fingerprint density at radius 1 is 1.06 bits per heavy atom. The number of hydrogen-bond acceptors (Lipinski definition) is 0. The van der Waals surface area contributed by atoms with Crippen LogP contribution in [-0.4, -0.2) is 0 Å². The molecule has 0 N–H and O–H groups in total. The van der Waals surface area contributed by atoms with Gasteiger partial charge in [0.2, 0.25) is 0 Å². The Hall–Kier alpha value is -0.0900. The zero-order valence-corrected chi connectivity index (χ0v) is 13.6. The van der Waals surface area contributed by atoms with E-state index in [9.17, 15) is 4.39 Å². The molecule has 2 aromatic rings. The van der Waals surface area contributed by atoms with Crippen molar-refractivity contribution in [1.82, 2.24) is 0 Å². The first-order valence-corrected chi connectivity index (χ1v) is 7.43. The van der Waals surface area contributed by atoms with Gasteiger partial charge in [0, 0.05) is 14.5 Å². The molecule has 0 spiro atoms. The molecule has 0 bridgehead atoms. The molecular weight excluding hydrogens is 406 g/mol. The molecule has 0 aliphatic heterocycles. The zero-order valence-electron chi connectivity index (χ0n) is 8.93. The normalized spacial score (nSPS) is 12.5. The summed E-state index contributed by atoms with van der Waals surface area (Å²) in [6.07, 6.45) is 0. The molecule has 0 aliphatic rings. The van der Waals surface area contributed by atoms with Crippen molar-refractivity contribution in [2.45, 2.75) is 5.38 Å². The molecule has 1 atom stereocenters. The molecule has 5 heteroatoms. The number of hydrogen-bond donors (Lipinski definition) is 0. The highest BCUT2D eigenvalue weighted by Crippen LogP contribution is 2.37. The summed E-state index contributed by atoms with van der Waals surface area (Å²) in [5.74, 6) is -0.481. The Morgan fingerprint density at radius 3 is 2.50 bits per heavy atom. The molecule has 1 unspecified atom stereocenters. The second kappa shape index (κ2) is 5.91. The van der Waals surface area contributed by atoms with Crippen LogP contribution >= 0.6 is 55.1 Å². The minimum Gasteiger partial charge on any atom is -0.205 e. The molecule has 2 rings (SSSR count). The summed E-state index contributed by atoms with van der Waals surface area (Å²) in [5, 5.41) is -0.528. The Kier molecular flexibility index (Phi) is 4.70. The standard InChI is InChI=1S/C13H7Br2Cl2F/c14-7-4-5-10(15)9(6-7)12(17)8-2-1-3-11(16)13(8)18/h1-6,12H. The molecule has 0 aromatic heterocycles. The van der Waals surface area contributed by atoms with E-state index >= 15 is 0 Å². The summed E-state index contributed by atoms with van der Waals surface area (Å²) < 4.78 is 15.6. The third kappa shape index (κ3) is 2.90. The van der Waals surface area contributed by atoms with Gasteiger partial charge in [-0.25, -0.2) is 4.39 Å². The lowest BCUT2D eigenvalue weighted by Gasteiger charge is -2.14. The maximum Gasteiger partial charge on any atom is 0.146 e. The topological polar surface area (TPSA) is 0 Å². The fourth-order valence-corrected chi connectivity index (χ4v) is 3.11. The smallest absolute Gasteiger partial charge is 0.146 e. The lowest BCUT2D eigenvalue weighted by molar-refractivity contribution is 0.612. The average molecular weight is 413 g/mol. The van der Waals surface area contributed by atoms with E-state index < -0.39 is 11.2 Å². The molecule has 0 amide bonds. The number of halogens is 5. The third-order valence-corrected chi connectivity index (χ3v) is 4.46. The van der Waals surface area contributed by atoms with Crippen LogP contribution in [0.15, 0.2) is 45.3 Å². The van der Waals surface area contributed by atoms with Gasteiger partial charge in [0.25, 0.3) is 0 Å². The Bertz CT molecular complexity index is 585. The van der Waals surface area contributed by atoms with Crippen LogP contribution in [0.25, 0.3) is 0 Å². The van der Waals surface area contributed by atoms with Crippen LogP contribution in [0.1, 0.15) is 16.5 Å². The van der Waals surface area contributed by atoms with Gasteiger partial charge in [-0.2, -0.15) is 0 Å². The van der Waals surface area contributed by atoms with Crippen molar-refractivity contribution in [3.8, 4) is 0 Å². The first-order valence-electron chi connectivity index (χ1n) is 5.03. The van der Waals surface area contributed by atoms with Crippen molar-refractivity contribution >= 4 is 55.1 Å². The molecule has 0 saturated carbocycles. The monoisotopic (exact) mass is 410 g/mol. The molecule has 94 valence electrons. The minimum absolute atomic E-state index is 0.0734. The van der Waals surface area contributed by atoms with Gasteiger partial charge < -0.3 is 0 Å². The van der Waals surface area contributed by atoms with E-state index in [1.807, 2.05) is 18.2 Å². The predicted octanol–water partition coefficient (Wildman–Crippen LogP) is 6.33. The van der Waals surface area contributed by atoms with Crippen molar-refractivity contribution in [2.24, 2.45) is 0 Å². The van der Waals surface area contributed by atoms with Crippen LogP contribution in [0.4, 0.5) is 4.39 Å². The molecule has 0 nitrogen and oxygen atoms in total. The molecular formula is C13H7Br2Cl2F. The summed E-state index contributed by atoms with van der Waals surface area (Å²) in [7, 11) is 0. The van der Waals surface area contributed by atoms with Crippen LogP contribution in [0, 0.1) is 5.82 Å². The largest absolute Gasteiger partial charge is 0.205 e. The van der Waals surface area contributed by atoms with Gasteiger partial charge in [-0.05, 0) is 29.8 Å². The predicted molar refractivity (Wildman–Crippen MR) is 80.9 cm³/mol. The van der Waals surface area contributed by atoms with E-state index in [1.165, 1.54) is 6.07 Å². The second-order valence-electron chi connectivity index (χ2n) is 3.67. The van der Waals surface area contributed by atoms with Crippen LogP contribution in [0.5, 0.6) is 0 Å². The summed E-state index contributed by atoms with van der Waals surface area (Å²) in [5.41, 5.74) is 1.15. The van der Waals surface area contributed by atoms with E-state index in [0.717, 1.165) is 14.5 Å². The summed E-state index contributed by atoms with van der Waals surface area (Å²) in [4.78, 5) is 0. The SMILES string of the molecule is Fc1c(Cl)cccc1C(Cl)c1cc(Br)ccc1Br. The van der Waals surface area contributed by atoms with Gasteiger partial charge in [0.15, 0.2) is 0 Å². The lowest BCUT2D eigenvalue weighted by Crippen LogP contribution is -1.98. The fraction of sp³-hybridized carbons (Fsp3) is 0.0769. The van der Waals surface area contributed by atoms with Gasteiger partial charge in [-0.3, -0.25) is 0 Å².